The Morgan fingerprint density at radius 3 is 2.57 bits per heavy atom. The van der Waals surface area contributed by atoms with Gasteiger partial charge in [0.15, 0.2) is 0 Å². The summed E-state index contributed by atoms with van der Waals surface area (Å²) in [6, 6.07) is 0.400. The van der Waals surface area contributed by atoms with E-state index in [1.54, 1.807) is 20.8 Å². The molecule has 1 aromatic heterocycles. The van der Waals surface area contributed by atoms with Crippen molar-refractivity contribution >= 4 is 11.8 Å². The van der Waals surface area contributed by atoms with Gasteiger partial charge in [0.25, 0.3) is 0 Å². The second-order valence-corrected chi connectivity index (χ2v) is 6.44. The fourth-order valence-electron chi connectivity index (χ4n) is 2.51. The molecule has 1 aliphatic heterocycles. The predicted octanol–water partition coefficient (Wildman–Crippen LogP) is 3.33. The lowest BCUT2D eigenvalue weighted by molar-refractivity contribution is -0.140. The Bertz CT molecular complexity index is 597. The van der Waals surface area contributed by atoms with E-state index in [2.05, 4.69) is 4.98 Å². The van der Waals surface area contributed by atoms with Gasteiger partial charge in [-0.25, -0.2) is 9.78 Å². The summed E-state index contributed by atoms with van der Waals surface area (Å²) in [7, 11) is 0. The standard InChI is InChI=1S/C15H19F3N2O3/c1-14(2,3)23-11-7-12(19-8-9(11)15(16,17)18)20-6-4-5-10(20)13(21)22/h7-8,10H,4-6H2,1-3H3,(H,21,22). The molecule has 0 saturated carbocycles. The van der Waals surface area contributed by atoms with E-state index < -0.39 is 29.4 Å². The fraction of sp³-hybridized carbons (Fsp3) is 0.600. The molecular formula is C15H19F3N2O3. The molecule has 1 aromatic rings. The van der Waals surface area contributed by atoms with Crippen LogP contribution in [0.2, 0.25) is 0 Å². The number of halogens is 3. The second kappa shape index (κ2) is 5.90. The first-order valence-electron chi connectivity index (χ1n) is 7.25. The third-order valence-corrected chi connectivity index (χ3v) is 3.41. The van der Waals surface area contributed by atoms with Crippen molar-refractivity contribution in [2.24, 2.45) is 0 Å². The molecule has 1 atom stereocenters. The van der Waals surface area contributed by atoms with Crippen molar-refractivity contribution in [3.05, 3.63) is 17.8 Å². The summed E-state index contributed by atoms with van der Waals surface area (Å²) in [6.45, 7) is 5.36. The van der Waals surface area contributed by atoms with Gasteiger partial charge in [-0.2, -0.15) is 13.2 Å². The van der Waals surface area contributed by atoms with Crippen LogP contribution in [-0.2, 0) is 11.0 Å². The van der Waals surface area contributed by atoms with Crippen LogP contribution in [0.5, 0.6) is 5.75 Å². The number of rotatable bonds is 3. The van der Waals surface area contributed by atoms with Crippen LogP contribution < -0.4 is 9.64 Å². The monoisotopic (exact) mass is 332 g/mol. The van der Waals surface area contributed by atoms with E-state index in [1.807, 2.05) is 0 Å². The third-order valence-electron chi connectivity index (χ3n) is 3.41. The minimum atomic E-state index is -4.59. The molecule has 8 heteroatoms. The molecule has 128 valence electrons. The number of aromatic nitrogens is 1. The van der Waals surface area contributed by atoms with E-state index in [0.29, 0.717) is 25.6 Å². The van der Waals surface area contributed by atoms with Crippen molar-refractivity contribution in [1.82, 2.24) is 4.98 Å². The molecule has 23 heavy (non-hydrogen) atoms. The van der Waals surface area contributed by atoms with Gasteiger partial charge in [-0.05, 0) is 33.6 Å². The number of hydrogen-bond donors (Lipinski definition) is 1. The molecule has 0 aliphatic carbocycles. The zero-order valence-electron chi connectivity index (χ0n) is 13.1. The van der Waals surface area contributed by atoms with Crippen LogP contribution in [0.4, 0.5) is 19.0 Å². The van der Waals surface area contributed by atoms with Crippen molar-refractivity contribution in [3.8, 4) is 5.75 Å². The number of alkyl halides is 3. The summed E-state index contributed by atoms with van der Waals surface area (Å²) in [5.74, 6) is -1.17. The highest BCUT2D eigenvalue weighted by Crippen LogP contribution is 2.39. The molecule has 1 saturated heterocycles. The average molecular weight is 332 g/mol. The van der Waals surface area contributed by atoms with Crippen molar-refractivity contribution in [2.45, 2.75) is 51.4 Å². The van der Waals surface area contributed by atoms with Crippen molar-refractivity contribution < 1.29 is 27.8 Å². The largest absolute Gasteiger partial charge is 0.487 e. The second-order valence-electron chi connectivity index (χ2n) is 6.44. The molecule has 1 N–H and O–H groups in total. The Morgan fingerprint density at radius 2 is 2.04 bits per heavy atom. The van der Waals surface area contributed by atoms with E-state index in [0.717, 1.165) is 0 Å². The fourth-order valence-corrected chi connectivity index (χ4v) is 2.51. The van der Waals surface area contributed by atoms with E-state index in [1.165, 1.54) is 11.0 Å². The molecule has 2 heterocycles. The molecule has 1 fully saturated rings. The van der Waals surface area contributed by atoms with Crippen LogP contribution in [0.15, 0.2) is 12.3 Å². The maximum Gasteiger partial charge on any atom is 0.421 e. The minimum Gasteiger partial charge on any atom is -0.487 e. The van der Waals surface area contributed by atoms with Crippen molar-refractivity contribution in [2.75, 3.05) is 11.4 Å². The Labute approximate surface area is 132 Å². The number of carbonyl (C=O) groups is 1. The number of pyridine rings is 1. The van der Waals surface area contributed by atoms with Crippen LogP contribution in [0.25, 0.3) is 0 Å². The van der Waals surface area contributed by atoms with Gasteiger partial charge in [-0.3, -0.25) is 0 Å². The Kier molecular flexibility index (Phi) is 4.45. The van der Waals surface area contributed by atoms with Crippen LogP contribution in [0.3, 0.4) is 0 Å². The maximum atomic E-state index is 13.1. The van der Waals surface area contributed by atoms with E-state index >= 15 is 0 Å². The first kappa shape index (κ1) is 17.4. The number of carboxylic acid groups (broad SMARTS) is 1. The molecule has 0 amide bonds. The van der Waals surface area contributed by atoms with E-state index in [9.17, 15) is 23.1 Å². The number of aliphatic carboxylic acids is 1. The van der Waals surface area contributed by atoms with Crippen LogP contribution in [-0.4, -0.2) is 34.2 Å². The zero-order chi connectivity index (χ0) is 17.4. The van der Waals surface area contributed by atoms with Gasteiger partial charge in [0.05, 0.1) is 0 Å². The number of carboxylic acids is 1. The van der Waals surface area contributed by atoms with Crippen LogP contribution >= 0.6 is 0 Å². The van der Waals surface area contributed by atoms with Gasteiger partial charge in [0, 0.05) is 18.8 Å². The minimum absolute atomic E-state index is 0.183. The molecule has 1 unspecified atom stereocenters. The van der Waals surface area contributed by atoms with Gasteiger partial charge >= 0.3 is 12.1 Å². The maximum absolute atomic E-state index is 13.1. The molecule has 2 rings (SSSR count). The van der Waals surface area contributed by atoms with Gasteiger partial charge in [-0.1, -0.05) is 0 Å². The summed E-state index contributed by atoms with van der Waals surface area (Å²) in [5, 5.41) is 9.20. The smallest absolute Gasteiger partial charge is 0.421 e. The highest BCUT2D eigenvalue weighted by molar-refractivity contribution is 5.78. The Balaban J connectivity index is 2.43. The molecule has 0 aromatic carbocycles. The quantitative estimate of drug-likeness (QED) is 0.920. The topological polar surface area (TPSA) is 62.7 Å². The first-order valence-corrected chi connectivity index (χ1v) is 7.25. The van der Waals surface area contributed by atoms with Crippen molar-refractivity contribution in [1.29, 1.82) is 0 Å². The summed E-state index contributed by atoms with van der Waals surface area (Å²) < 4.78 is 44.8. The molecule has 0 bridgehead atoms. The van der Waals surface area contributed by atoms with Crippen molar-refractivity contribution in [3.63, 3.8) is 0 Å². The molecule has 1 aliphatic rings. The number of nitrogens with zero attached hydrogens (tertiary/aromatic N) is 2. The summed E-state index contributed by atoms with van der Waals surface area (Å²) in [5.41, 5.74) is -1.79. The van der Waals surface area contributed by atoms with Gasteiger partial charge in [0.1, 0.15) is 28.8 Å². The van der Waals surface area contributed by atoms with E-state index in [4.69, 9.17) is 4.74 Å². The van der Waals surface area contributed by atoms with Gasteiger partial charge in [-0.15, -0.1) is 0 Å². The SMILES string of the molecule is CC(C)(C)Oc1cc(N2CCCC2C(=O)O)ncc1C(F)(F)F. The lowest BCUT2D eigenvalue weighted by atomic mass is 10.1. The molecule has 0 spiro atoms. The zero-order valence-corrected chi connectivity index (χ0v) is 13.1. The molecular weight excluding hydrogens is 313 g/mol. The number of hydrogen-bond acceptors (Lipinski definition) is 4. The Morgan fingerprint density at radius 1 is 1.39 bits per heavy atom. The summed E-state index contributed by atoms with van der Waals surface area (Å²) >= 11 is 0. The Hall–Kier alpha value is -1.99. The van der Waals surface area contributed by atoms with E-state index in [-0.39, 0.29) is 11.6 Å². The predicted molar refractivity (Wildman–Crippen MR) is 77.6 cm³/mol. The summed E-state index contributed by atoms with van der Waals surface area (Å²) in [4.78, 5) is 16.6. The molecule has 0 radical (unpaired) electrons. The number of anilines is 1. The first-order chi connectivity index (χ1) is 10.5. The lowest BCUT2D eigenvalue weighted by Crippen LogP contribution is -2.36. The average Bonchev–Trinajstić information content (AvgIpc) is 2.84. The van der Waals surface area contributed by atoms with Crippen LogP contribution in [0, 0.1) is 0 Å². The highest BCUT2D eigenvalue weighted by Gasteiger charge is 2.38. The highest BCUT2D eigenvalue weighted by atomic mass is 19.4. The molecule has 5 nitrogen and oxygen atoms in total. The van der Waals surface area contributed by atoms with Gasteiger partial charge < -0.3 is 14.7 Å². The van der Waals surface area contributed by atoms with Crippen LogP contribution in [0.1, 0.15) is 39.2 Å². The lowest BCUT2D eigenvalue weighted by Gasteiger charge is -2.27. The van der Waals surface area contributed by atoms with Gasteiger partial charge in [0.2, 0.25) is 0 Å². The number of ether oxygens (including phenoxy) is 1. The normalized spacial score (nSPS) is 19.0. The summed E-state index contributed by atoms with van der Waals surface area (Å²) in [6.07, 6.45) is -2.81. The third kappa shape index (κ3) is 4.05.